The number of amides is 1. The topological polar surface area (TPSA) is 51.2 Å². The number of rotatable bonds is 5. The van der Waals surface area contributed by atoms with Gasteiger partial charge in [0.15, 0.2) is 5.13 Å². The molecule has 4 nitrogen and oxygen atoms in total. The molecule has 2 aromatic rings. The lowest BCUT2D eigenvalue weighted by Crippen LogP contribution is -2.15. The molecule has 0 bridgehead atoms. The minimum atomic E-state index is -0.0404. The van der Waals surface area contributed by atoms with Crippen LogP contribution >= 0.6 is 11.3 Å². The van der Waals surface area contributed by atoms with Gasteiger partial charge in [-0.2, -0.15) is 0 Å². The third kappa shape index (κ3) is 4.10. The Morgan fingerprint density at radius 3 is 2.96 bits per heavy atom. The van der Waals surface area contributed by atoms with E-state index in [1.165, 1.54) is 23.4 Å². The van der Waals surface area contributed by atoms with E-state index in [9.17, 15) is 4.79 Å². The molecular weight excluding hydrogens is 308 g/mol. The summed E-state index contributed by atoms with van der Waals surface area (Å²) in [6.07, 6.45) is 4.90. The summed E-state index contributed by atoms with van der Waals surface area (Å²) in [5.41, 5.74) is 3.41. The highest BCUT2D eigenvalue weighted by atomic mass is 32.1. The summed E-state index contributed by atoms with van der Waals surface area (Å²) in [7, 11) is 0. The summed E-state index contributed by atoms with van der Waals surface area (Å²) in [6, 6.07) is 6.09. The first kappa shape index (κ1) is 16.0. The van der Waals surface area contributed by atoms with Gasteiger partial charge < -0.3 is 10.1 Å². The molecule has 0 saturated carbocycles. The van der Waals surface area contributed by atoms with Crippen molar-refractivity contribution >= 4 is 22.4 Å². The summed E-state index contributed by atoms with van der Waals surface area (Å²) in [5, 5.41) is 3.63. The first-order valence-electron chi connectivity index (χ1n) is 8.10. The first-order chi connectivity index (χ1) is 11.1. The number of aromatic nitrogens is 1. The van der Waals surface area contributed by atoms with Crippen LogP contribution in [0.25, 0.3) is 0 Å². The van der Waals surface area contributed by atoms with Crippen LogP contribution in [0.5, 0.6) is 5.75 Å². The Morgan fingerprint density at radius 1 is 1.30 bits per heavy atom. The number of benzene rings is 1. The molecule has 1 aromatic carbocycles. The highest BCUT2D eigenvalue weighted by molar-refractivity contribution is 7.15. The van der Waals surface area contributed by atoms with E-state index >= 15 is 0 Å². The van der Waals surface area contributed by atoms with E-state index in [1.54, 1.807) is 11.3 Å². The van der Waals surface area contributed by atoms with Crippen molar-refractivity contribution in [1.82, 2.24) is 4.98 Å². The Balaban J connectivity index is 1.50. The van der Waals surface area contributed by atoms with Gasteiger partial charge in [-0.05, 0) is 56.7 Å². The molecule has 0 atom stereocenters. The maximum absolute atomic E-state index is 12.0. The average Bonchev–Trinajstić information content (AvgIpc) is 2.92. The predicted molar refractivity (Wildman–Crippen MR) is 93.4 cm³/mol. The smallest absolute Gasteiger partial charge is 0.229 e. The zero-order chi connectivity index (χ0) is 16.2. The summed E-state index contributed by atoms with van der Waals surface area (Å²) in [4.78, 5) is 17.9. The SMILES string of the molecule is Cc1ccc(C)c(OCCC(=O)Nc2nc3c(s2)CCCC3)c1. The monoisotopic (exact) mass is 330 g/mol. The van der Waals surface area contributed by atoms with E-state index in [2.05, 4.69) is 16.4 Å². The zero-order valence-electron chi connectivity index (χ0n) is 13.6. The van der Waals surface area contributed by atoms with Gasteiger partial charge in [-0.3, -0.25) is 4.79 Å². The number of fused-ring (bicyclic) bond motifs is 1. The second-order valence-corrected chi connectivity index (χ2v) is 7.10. The van der Waals surface area contributed by atoms with Crippen LogP contribution in [-0.4, -0.2) is 17.5 Å². The Kier molecular flexibility index (Phi) is 4.96. The van der Waals surface area contributed by atoms with E-state index in [0.717, 1.165) is 34.8 Å². The minimum absolute atomic E-state index is 0.0404. The fraction of sp³-hybridized carbons (Fsp3) is 0.444. The van der Waals surface area contributed by atoms with Gasteiger partial charge in [0.25, 0.3) is 0 Å². The van der Waals surface area contributed by atoms with Gasteiger partial charge in [-0.25, -0.2) is 4.98 Å². The number of ether oxygens (including phenoxy) is 1. The van der Waals surface area contributed by atoms with Crippen molar-refractivity contribution in [3.8, 4) is 5.75 Å². The average molecular weight is 330 g/mol. The number of anilines is 1. The standard InChI is InChI=1S/C18H22N2O2S/c1-12-7-8-13(2)15(11-12)22-10-9-17(21)20-18-19-14-5-3-4-6-16(14)23-18/h7-8,11H,3-6,9-10H2,1-2H3,(H,19,20,21). The maximum atomic E-state index is 12.0. The lowest BCUT2D eigenvalue weighted by Gasteiger charge is -2.09. The fourth-order valence-corrected chi connectivity index (χ4v) is 3.77. The maximum Gasteiger partial charge on any atom is 0.229 e. The van der Waals surface area contributed by atoms with Gasteiger partial charge in [-0.1, -0.05) is 12.1 Å². The van der Waals surface area contributed by atoms with Crippen LogP contribution in [0, 0.1) is 13.8 Å². The minimum Gasteiger partial charge on any atom is -0.493 e. The number of thiazole rings is 1. The van der Waals surface area contributed by atoms with Crippen LogP contribution in [0.3, 0.4) is 0 Å². The van der Waals surface area contributed by atoms with Gasteiger partial charge in [0.2, 0.25) is 5.91 Å². The molecule has 5 heteroatoms. The van der Waals surface area contributed by atoms with Crippen molar-refractivity contribution in [1.29, 1.82) is 0 Å². The normalized spacial score (nSPS) is 13.5. The van der Waals surface area contributed by atoms with E-state index in [4.69, 9.17) is 4.74 Å². The largest absolute Gasteiger partial charge is 0.493 e. The van der Waals surface area contributed by atoms with Crippen molar-refractivity contribution in [3.05, 3.63) is 39.9 Å². The molecular formula is C18H22N2O2S. The molecule has 0 unspecified atom stereocenters. The highest BCUT2D eigenvalue weighted by Crippen LogP contribution is 2.29. The number of hydrogen-bond acceptors (Lipinski definition) is 4. The molecule has 1 aliphatic carbocycles. The summed E-state index contributed by atoms with van der Waals surface area (Å²) < 4.78 is 5.73. The Bertz CT molecular complexity index is 686. The lowest BCUT2D eigenvalue weighted by molar-refractivity contribution is -0.116. The summed E-state index contributed by atoms with van der Waals surface area (Å²) in [6.45, 7) is 4.42. The number of nitrogens with zero attached hydrogens (tertiary/aromatic N) is 1. The van der Waals surface area contributed by atoms with E-state index in [0.29, 0.717) is 13.0 Å². The van der Waals surface area contributed by atoms with Crippen LogP contribution in [0.15, 0.2) is 18.2 Å². The van der Waals surface area contributed by atoms with Crippen LogP contribution in [-0.2, 0) is 17.6 Å². The Morgan fingerprint density at radius 2 is 2.13 bits per heavy atom. The van der Waals surface area contributed by atoms with E-state index in [-0.39, 0.29) is 5.91 Å². The zero-order valence-corrected chi connectivity index (χ0v) is 14.5. The number of hydrogen-bond donors (Lipinski definition) is 1. The number of nitrogens with one attached hydrogen (secondary N) is 1. The van der Waals surface area contributed by atoms with Gasteiger partial charge in [-0.15, -0.1) is 11.3 Å². The lowest BCUT2D eigenvalue weighted by atomic mass is 10.0. The number of carbonyl (C=O) groups excluding carboxylic acids is 1. The van der Waals surface area contributed by atoms with Crippen molar-refractivity contribution < 1.29 is 9.53 Å². The first-order valence-corrected chi connectivity index (χ1v) is 8.92. The molecule has 1 N–H and O–H groups in total. The third-order valence-corrected chi connectivity index (χ3v) is 5.10. The number of aryl methyl sites for hydroxylation is 4. The molecule has 0 spiro atoms. The van der Waals surface area contributed by atoms with Gasteiger partial charge in [0.1, 0.15) is 5.75 Å². The van der Waals surface area contributed by atoms with Crippen LogP contribution in [0.1, 0.15) is 41.0 Å². The molecule has 23 heavy (non-hydrogen) atoms. The molecule has 1 heterocycles. The van der Waals surface area contributed by atoms with Crippen molar-refractivity contribution in [3.63, 3.8) is 0 Å². The summed E-state index contributed by atoms with van der Waals surface area (Å²) in [5.74, 6) is 0.809. The predicted octanol–water partition coefficient (Wildman–Crippen LogP) is 4.05. The van der Waals surface area contributed by atoms with Crippen LogP contribution < -0.4 is 10.1 Å². The highest BCUT2D eigenvalue weighted by Gasteiger charge is 2.16. The van der Waals surface area contributed by atoms with Crippen LogP contribution in [0.2, 0.25) is 0 Å². The van der Waals surface area contributed by atoms with Crippen LogP contribution in [0.4, 0.5) is 5.13 Å². The molecule has 0 aliphatic heterocycles. The quantitative estimate of drug-likeness (QED) is 0.900. The van der Waals surface area contributed by atoms with Crippen molar-refractivity contribution in [2.45, 2.75) is 46.0 Å². The molecule has 0 radical (unpaired) electrons. The molecule has 0 saturated heterocycles. The Labute approximate surface area is 140 Å². The molecule has 0 fully saturated rings. The molecule has 1 aromatic heterocycles. The van der Waals surface area contributed by atoms with E-state index < -0.39 is 0 Å². The second kappa shape index (κ2) is 7.13. The Hall–Kier alpha value is -1.88. The van der Waals surface area contributed by atoms with Crippen molar-refractivity contribution in [2.24, 2.45) is 0 Å². The molecule has 1 aliphatic rings. The van der Waals surface area contributed by atoms with Gasteiger partial charge in [0, 0.05) is 4.88 Å². The third-order valence-electron chi connectivity index (χ3n) is 4.02. The van der Waals surface area contributed by atoms with E-state index in [1.807, 2.05) is 26.0 Å². The summed E-state index contributed by atoms with van der Waals surface area (Å²) >= 11 is 1.61. The molecule has 122 valence electrons. The van der Waals surface area contributed by atoms with Crippen molar-refractivity contribution in [2.75, 3.05) is 11.9 Å². The second-order valence-electron chi connectivity index (χ2n) is 6.01. The molecule has 1 amide bonds. The molecule has 3 rings (SSSR count). The number of carbonyl (C=O) groups is 1. The fourth-order valence-electron chi connectivity index (χ4n) is 2.70. The van der Waals surface area contributed by atoms with Gasteiger partial charge in [0.05, 0.1) is 18.7 Å². The van der Waals surface area contributed by atoms with Gasteiger partial charge >= 0.3 is 0 Å².